The number of carbonyl (C=O) groups excluding carboxylic acids is 4. The first-order valence-corrected chi connectivity index (χ1v) is 10.2. The molecule has 0 radical (unpaired) electrons. The number of ether oxygens (including phenoxy) is 2. The third-order valence-electron chi connectivity index (χ3n) is 5.86. The fourth-order valence-corrected chi connectivity index (χ4v) is 4.28. The molecule has 1 unspecified atom stereocenters. The minimum atomic E-state index is -1.00. The van der Waals surface area contributed by atoms with Gasteiger partial charge in [0.15, 0.2) is 0 Å². The molecule has 0 aromatic heterocycles. The molecule has 3 aliphatic rings. The van der Waals surface area contributed by atoms with Gasteiger partial charge in [0.25, 0.3) is 11.8 Å². The number of nitrogens with zero attached hydrogens (tertiary/aromatic N) is 1. The number of rotatable bonds is 4. The zero-order chi connectivity index (χ0) is 21.5. The lowest BCUT2D eigenvalue weighted by molar-refractivity contribution is -0.136. The van der Waals surface area contributed by atoms with Crippen LogP contribution in [0.3, 0.4) is 0 Å². The molecule has 2 atom stereocenters. The quantitative estimate of drug-likeness (QED) is 0.758. The van der Waals surface area contributed by atoms with Crippen LogP contribution in [0, 0.1) is 0 Å². The number of carbonyl (C=O) groups is 4. The Bertz CT molecular complexity index is 1110. The van der Waals surface area contributed by atoms with E-state index in [-0.39, 0.29) is 42.4 Å². The fourth-order valence-electron chi connectivity index (χ4n) is 4.28. The molecule has 1 N–H and O–H groups in total. The van der Waals surface area contributed by atoms with E-state index in [1.807, 2.05) is 24.3 Å². The van der Waals surface area contributed by atoms with Crippen molar-refractivity contribution in [2.24, 2.45) is 0 Å². The summed E-state index contributed by atoms with van der Waals surface area (Å²) in [6.07, 6.45) is 1.67. The summed E-state index contributed by atoms with van der Waals surface area (Å²) >= 11 is 0. The molecule has 0 saturated carbocycles. The average Bonchev–Trinajstić information content (AvgIpc) is 3.03. The number of fused-ring (bicyclic) bond motifs is 2. The maximum atomic E-state index is 13.1. The van der Waals surface area contributed by atoms with E-state index >= 15 is 0 Å². The van der Waals surface area contributed by atoms with Gasteiger partial charge in [0, 0.05) is 6.42 Å². The van der Waals surface area contributed by atoms with Crippen molar-refractivity contribution in [3.05, 3.63) is 59.2 Å². The lowest BCUT2D eigenvalue weighted by Crippen LogP contribution is -2.54. The molecule has 3 heterocycles. The summed E-state index contributed by atoms with van der Waals surface area (Å²) in [4.78, 5) is 50.6. The van der Waals surface area contributed by atoms with Crippen molar-refractivity contribution in [2.75, 3.05) is 6.61 Å². The average molecular weight is 420 g/mol. The Labute approximate surface area is 178 Å². The van der Waals surface area contributed by atoms with Crippen molar-refractivity contribution >= 4 is 23.6 Å². The Balaban J connectivity index is 1.34. The monoisotopic (exact) mass is 420 g/mol. The van der Waals surface area contributed by atoms with Gasteiger partial charge in [0.1, 0.15) is 30.3 Å². The van der Waals surface area contributed by atoms with E-state index in [0.29, 0.717) is 0 Å². The van der Waals surface area contributed by atoms with Gasteiger partial charge in [-0.25, -0.2) is 0 Å². The van der Waals surface area contributed by atoms with Gasteiger partial charge < -0.3 is 9.47 Å². The summed E-state index contributed by atoms with van der Waals surface area (Å²) in [5, 5.41) is 2.19. The van der Waals surface area contributed by atoms with E-state index in [0.717, 1.165) is 29.1 Å². The van der Waals surface area contributed by atoms with Crippen LogP contribution < -0.4 is 14.8 Å². The Kier molecular flexibility index (Phi) is 4.69. The highest BCUT2D eigenvalue weighted by Crippen LogP contribution is 2.34. The molecule has 8 heteroatoms. The first-order valence-electron chi connectivity index (χ1n) is 10.2. The Morgan fingerprint density at radius 2 is 1.81 bits per heavy atom. The Morgan fingerprint density at radius 1 is 0.968 bits per heavy atom. The molecular formula is C23H20N2O6. The number of piperidine rings is 1. The molecule has 158 valence electrons. The predicted molar refractivity (Wildman–Crippen MR) is 108 cm³/mol. The second-order valence-electron chi connectivity index (χ2n) is 7.82. The van der Waals surface area contributed by atoms with E-state index in [4.69, 9.17) is 9.47 Å². The fraction of sp³-hybridized carbons (Fsp3) is 0.304. The highest BCUT2D eigenvalue weighted by molar-refractivity contribution is 6.24. The molecule has 1 fully saturated rings. The number of benzene rings is 2. The van der Waals surface area contributed by atoms with Crippen LogP contribution >= 0.6 is 0 Å². The molecule has 5 rings (SSSR count). The maximum Gasteiger partial charge on any atom is 0.266 e. The van der Waals surface area contributed by atoms with E-state index < -0.39 is 29.7 Å². The van der Waals surface area contributed by atoms with Crippen LogP contribution in [0.4, 0.5) is 0 Å². The van der Waals surface area contributed by atoms with E-state index in [9.17, 15) is 19.2 Å². The Hall–Kier alpha value is -3.68. The van der Waals surface area contributed by atoms with Crippen molar-refractivity contribution in [1.29, 1.82) is 0 Å². The summed E-state index contributed by atoms with van der Waals surface area (Å²) in [6.45, 7) is 0.227. The highest BCUT2D eigenvalue weighted by atomic mass is 16.5. The van der Waals surface area contributed by atoms with Gasteiger partial charge in [-0.15, -0.1) is 0 Å². The summed E-state index contributed by atoms with van der Waals surface area (Å²) in [7, 11) is 0. The smallest absolute Gasteiger partial charge is 0.266 e. The number of hydrogen-bond donors (Lipinski definition) is 1. The zero-order valence-electron chi connectivity index (χ0n) is 16.6. The van der Waals surface area contributed by atoms with Gasteiger partial charge in [0.2, 0.25) is 11.8 Å². The van der Waals surface area contributed by atoms with E-state index in [1.54, 1.807) is 18.2 Å². The van der Waals surface area contributed by atoms with Crippen LogP contribution in [0.25, 0.3) is 0 Å². The second-order valence-corrected chi connectivity index (χ2v) is 7.82. The van der Waals surface area contributed by atoms with Crippen molar-refractivity contribution < 1.29 is 28.7 Å². The lowest BCUT2D eigenvalue weighted by Gasteiger charge is -2.28. The van der Waals surface area contributed by atoms with Crippen LogP contribution in [0.5, 0.6) is 11.5 Å². The lowest BCUT2D eigenvalue weighted by atomic mass is 10.0. The molecule has 0 bridgehead atoms. The number of para-hydroxylation sites is 1. The molecular weight excluding hydrogens is 400 g/mol. The van der Waals surface area contributed by atoms with Crippen LogP contribution in [0.15, 0.2) is 42.5 Å². The normalized spacial score (nSPS) is 22.5. The van der Waals surface area contributed by atoms with E-state index in [2.05, 4.69) is 5.32 Å². The number of aryl methyl sites for hydroxylation is 1. The number of nitrogens with one attached hydrogen (secondary N) is 1. The van der Waals surface area contributed by atoms with Crippen molar-refractivity contribution in [3.63, 3.8) is 0 Å². The molecule has 0 spiro atoms. The molecule has 2 aromatic carbocycles. The molecule has 4 amide bonds. The van der Waals surface area contributed by atoms with Crippen molar-refractivity contribution in [1.82, 2.24) is 10.2 Å². The van der Waals surface area contributed by atoms with Crippen molar-refractivity contribution in [3.8, 4) is 11.5 Å². The van der Waals surface area contributed by atoms with Gasteiger partial charge in [-0.3, -0.25) is 29.4 Å². The first kappa shape index (κ1) is 19.3. The number of amides is 4. The molecule has 1 saturated heterocycles. The summed E-state index contributed by atoms with van der Waals surface area (Å²) in [5.41, 5.74) is 1.50. The molecule has 8 nitrogen and oxygen atoms in total. The standard InChI is InChI=1S/C23H20N2O6/c26-19-11-10-16(21(27)24-19)25-22(28)15-5-3-7-18(20(15)23(25)29)30-12-14-9-8-13-4-1-2-6-17(13)31-14/h1-7,14,16H,8-12H2,(H,24,26,27)/t14-,16?/m1/s1. The van der Waals surface area contributed by atoms with Crippen LogP contribution in [0.2, 0.25) is 0 Å². The second kappa shape index (κ2) is 7.54. The summed E-state index contributed by atoms with van der Waals surface area (Å²) in [5.74, 6) is -1.06. The highest BCUT2D eigenvalue weighted by Gasteiger charge is 2.46. The first-order chi connectivity index (χ1) is 15.0. The minimum absolute atomic E-state index is 0.0770. The molecule has 3 aliphatic heterocycles. The maximum absolute atomic E-state index is 13.1. The number of imide groups is 2. The third-order valence-corrected chi connectivity index (χ3v) is 5.86. The predicted octanol–water partition coefficient (Wildman–Crippen LogP) is 1.86. The zero-order valence-corrected chi connectivity index (χ0v) is 16.6. The van der Waals surface area contributed by atoms with Crippen LogP contribution in [-0.4, -0.2) is 47.3 Å². The Morgan fingerprint density at radius 3 is 2.65 bits per heavy atom. The van der Waals surface area contributed by atoms with Gasteiger partial charge in [-0.1, -0.05) is 24.3 Å². The number of hydrogen-bond acceptors (Lipinski definition) is 6. The largest absolute Gasteiger partial charge is 0.489 e. The van der Waals surface area contributed by atoms with Gasteiger partial charge in [0.05, 0.1) is 11.1 Å². The molecule has 0 aliphatic carbocycles. The van der Waals surface area contributed by atoms with Gasteiger partial charge >= 0.3 is 0 Å². The molecule has 31 heavy (non-hydrogen) atoms. The van der Waals surface area contributed by atoms with Gasteiger partial charge in [-0.2, -0.15) is 0 Å². The third kappa shape index (κ3) is 3.34. The molecule has 2 aromatic rings. The minimum Gasteiger partial charge on any atom is -0.489 e. The van der Waals surface area contributed by atoms with Crippen molar-refractivity contribution in [2.45, 2.75) is 37.8 Å². The van der Waals surface area contributed by atoms with Crippen LogP contribution in [-0.2, 0) is 16.0 Å². The SMILES string of the molecule is O=C1CCC(N2C(=O)c3cccc(OC[C@H]4CCc5ccccc5O4)c3C2=O)C(=O)N1. The topological polar surface area (TPSA) is 102 Å². The summed E-state index contributed by atoms with van der Waals surface area (Å²) in [6, 6.07) is 11.7. The van der Waals surface area contributed by atoms with E-state index in [1.165, 1.54) is 0 Å². The van der Waals surface area contributed by atoms with Crippen LogP contribution in [0.1, 0.15) is 45.5 Å². The van der Waals surface area contributed by atoms with Gasteiger partial charge in [-0.05, 0) is 43.0 Å². The summed E-state index contributed by atoms with van der Waals surface area (Å²) < 4.78 is 11.9.